The van der Waals surface area contributed by atoms with Gasteiger partial charge in [-0.25, -0.2) is 0 Å². The van der Waals surface area contributed by atoms with Crippen LogP contribution in [0.5, 0.6) is 0 Å². The maximum atomic E-state index is 11.2. The summed E-state index contributed by atoms with van der Waals surface area (Å²) in [6, 6.07) is 8.59. The highest BCUT2D eigenvalue weighted by molar-refractivity contribution is 7.85. The minimum Gasteiger partial charge on any atom is -0.481 e. The molecule has 4 N–H and O–H groups in total. The molecule has 130 valence electrons. The number of benzene rings is 2. The Morgan fingerprint density at radius 3 is 2.28 bits per heavy atom. The van der Waals surface area contributed by atoms with Crippen molar-refractivity contribution in [2.75, 3.05) is 5.73 Å². The van der Waals surface area contributed by atoms with Crippen LogP contribution in [0.15, 0.2) is 51.5 Å². The molecule has 1 atom stereocenters. The van der Waals surface area contributed by atoms with Gasteiger partial charge in [-0.1, -0.05) is 0 Å². The summed E-state index contributed by atoms with van der Waals surface area (Å²) < 4.78 is 31.0. The molecule has 0 aliphatic heterocycles. The Labute approximate surface area is 143 Å². The molecule has 0 saturated heterocycles. The number of fused-ring (bicyclic) bond motifs is 1. The molecule has 0 aromatic heterocycles. The second-order valence-corrected chi connectivity index (χ2v) is 7.16. The zero-order valence-electron chi connectivity index (χ0n) is 13.0. The van der Waals surface area contributed by atoms with Crippen molar-refractivity contribution in [2.24, 2.45) is 16.1 Å². The van der Waals surface area contributed by atoms with Crippen molar-refractivity contribution < 1.29 is 22.9 Å². The van der Waals surface area contributed by atoms with E-state index >= 15 is 0 Å². The molecule has 0 amide bonds. The van der Waals surface area contributed by atoms with Crippen molar-refractivity contribution in [3.63, 3.8) is 0 Å². The number of nitrogens with zero attached hydrogens (tertiary/aromatic N) is 2. The van der Waals surface area contributed by atoms with Gasteiger partial charge in [-0.15, -0.1) is 0 Å². The molecular weight excluding hydrogens is 346 g/mol. The molecule has 1 aliphatic carbocycles. The van der Waals surface area contributed by atoms with Crippen molar-refractivity contribution in [3.05, 3.63) is 47.5 Å². The Morgan fingerprint density at radius 2 is 1.68 bits per heavy atom. The molecule has 0 radical (unpaired) electrons. The van der Waals surface area contributed by atoms with Crippen LogP contribution in [0.4, 0.5) is 17.1 Å². The fourth-order valence-electron chi connectivity index (χ4n) is 2.80. The first-order chi connectivity index (χ1) is 11.8. The summed E-state index contributed by atoms with van der Waals surface area (Å²) in [5.41, 5.74) is 8.94. The number of anilines is 1. The molecule has 1 unspecified atom stereocenters. The molecule has 3 rings (SSSR count). The Balaban J connectivity index is 1.89. The van der Waals surface area contributed by atoms with Crippen LogP contribution < -0.4 is 5.73 Å². The normalized spacial score (nSPS) is 16.9. The number of aliphatic carboxylic acids is 1. The van der Waals surface area contributed by atoms with E-state index in [2.05, 4.69) is 10.2 Å². The summed E-state index contributed by atoms with van der Waals surface area (Å²) in [7, 11) is -4.26. The molecule has 0 saturated carbocycles. The first kappa shape index (κ1) is 17.1. The summed E-state index contributed by atoms with van der Waals surface area (Å²) >= 11 is 0. The Kier molecular flexibility index (Phi) is 4.27. The van der Waals surface area contributed by atoms with Crippen LogP contribution in [-0.4, -0.2) is 24.0 Å². The van der Waals surface area contributed by atoms with Gasteiger partial charge in [0.1, 0.15) is 0 Å². The van der Waals surface area contributed by atoms with Crippen LogP contribution in [0, 0.1) is 5.92 Å². The molecule has 8 nitrogen and oxygen atoms in total. The second-order valence-electron chi connectivity index (χ2n) is 5.74. The molecule has 0 bridgehead atoms. The van der Waals surface area contributed by atoms with Crippen LogP contribution in [0.3, 0.4) is 0 Å². The highest BCUT2D eigenvalue weighted by Crippen LogP contribution is 2.38. The van der Waals surface area contributed by atoms with Gasteiger partial charge in [0.2, 0.25) is 0 Å². The van der Waals surface area contributed by atoms with E-state index in [1.165, 1.54) is 24.3 Å². The topological polar surface area (TPSA) is 142 Å². The first-order valence-electron chi connectivity index (χ1n) is 7.38. The third kappa shape index (κ3) is 3.52. The highest BCUT2D eigenvalue weighted by Gasteiger charge is 2.30. The molecular formula is C16H15N3O5S. The van der Waals surface area contributed by atoms with Gasteiger partial charge in [0, 0.05) is 5.69 Å². The number of hydrogen-bond donors (Lipinski definition) is 3. The maximum absolute atomic E-state index is 11.2. The lowest BCUT2D eigenvalue weighted by Crippen LogP contribution is -2.13. The molecule has 0 fully saturated rings. The average Bonchev–Trinajstić information content (AvgIpc) is 3.00. The van der Waals surface area contributed by atoms with Gasteiger partial charge in [-0.2, -0.15) is 18.6 Å². The monoisotopic (exact) mass is 361 g/mol. The van der Waals surface area contributed by atoms with Gasteiger partial charge >= 0.3 is 5.97 Å². The number of hydrogen-bond acceptors (Lipinski definition) is 6. The minimum absolute atomic E-state index is 0.232. The van der Waals surface area contributed by atoms with Crippen molar-refractivity contribution in [3.8, 4) is 0 Å². The predicted molar refractivity (Wildman–Crippen MR) is 89.8 cm³/mol. The van der Waals surface area contributed by atoms with Crippen LogP contribution in [0.1, 0.15) is 11.1 Å². The number of nitrogen functional groups attached to an aromatic ring is 1. The van der Waals surface area contributed by atoms with E-state index in [-0.39, 0.29) is 4.90 Å². The lowest BCUT2D eigenvalue weighted by atomic mass is 10.1. The first-order valence-corrected chi connectivity index (χ1v) is 8.82. The van der Waals surface area contributed by atoms with E-state index in [0.717, 1.165) is 11.1 Å². The number of rotatable bonds is 4. The van der Waals surface area contributed by atoms with Gasteiger partial charge in [-0.05, 0) is 60.4 Å². The summed E-state index contributed by atoms with van der Waals surface area (Å²) in [4.78, 5) is 11.0. The summed E-state index contributed by atoms with van der Waals surface area (Å²) in [5.74, 6) is -1.40. The van der Waals surface area contributed by atoms with Crippen molar-refractivity contribution in [1.29, 1.82) is 0 Å². The van der Waals surface area contributed by atoms with Gasteiger partial charge < -0.3 is 10.8 Å². The molecule has 2 aromatic rings. The minimum atomic E-state index is -4.26. The largest absolute Gasteiger partial charge is 0.481 e. The summed E-state index contributed by atoms with van der Waals surface area (Å²) in [6.45, 7) is 0. The van der Waals surface area contributed by atoms with Gasteiger partial charge in [0.15, 0.2) is 0 Å². The quantitative estimate of drug-likeness (QED) is 0.434. The average molecular weight is 361 g/mol. The molecule has 1 aliphatic rings. The predicted octanol–water partition coefficient (Wildman–Crippen LogP) is 2.73. The van der Waals surface area contributed by atoms with Crippen LogP contribution in [0.2, 0.25) is 0 Å². The summed E-state index contributed by atoms with van der Waals surface area (Å²) in [6.07, 6.45) is 0.703. The van der Waals surface area contributed by atoms with E-state index in [1.807, 2.05) is 0 Å². The van der Waals surface area contributed by atoms with E-state index < -0.39 is 22.0 Å². The van der Waals surface area contributed by atoms with Gasteiger partial charge in [-0.3, -0.25) is 9.35 Å². The number of carbonyl (C=O) groups is 1. The van der Waals surface area contributed by atoms with E-state index in [1.54, 1.807) is 12.1 Å². The molecule has 0 spiro atoms. The van der Waals surface area contributed by atoms with Crippen molar-refractivity contribution >= 4 is 33.1 Å². The van der Waals surface area contributed by atoms with Gasteiger partial charge in [0.05, 0.1) is 22.2 Å². The summed E-state index contributed by atoms with van der Waals surface area (Å²) in [5, 5.41) is 17.4. The zero-order chi connectivity index (χ0) is 18.2. The van der Waals surface area contributed by atoms with Crippen LogP contribution in [0.25, 0.3) is 0 Å². The fourth-order valence-corrected chi connectivity index (χ4v) is 3.28. The zero-order valence-corrected chi connectivity index (χ0v) is 13.8. The Hall–Kier alpha value is -2.78. The van der Waals surface area contributed by atoms with Crippen molar-refractivity contribution in [1.82, 2.24) is 0 Å². The molecule has 9 heteroatoms. The molecule has 2 aromatic carbocycles. The number of nitrogens with two attached hydrogens (primary N) is 1. The number of carboxylic acids is 1. The van der Waals surface area contributed by atoms with Crippen LogP contribution >= 0.6 is 0 Å². The third-order valence-corrected chi connectivity index (χ3v) is 4.97. The standard InChI is InChI=1S/C16H15N3O5S/c17-14-5-6-15(13-8-9(16(20)21)7-12(13)14)19-18-10-1-3-11(4-2-10)25(22,23)24/h1-6,9H,7-8,17H2,(H,20,21)(H,22,23,24)/b19-18+. The lowest BCUT2D eigenvalue weighted by Gasteiger charge is -2.05. The SMILES string of the molecule is Nc1ccc(/N=N/c2ccc(S(=O)(=O)O)cc2)c2c1CC(C(=O)O)C2. The van der Waals surface area contributed by atoms with E-state index in [0.29, 0.717) is 29.9 Å². The maximum Gasteiger partial charge on any atom is 0.307 e. The van der Waals surface area contributed by atoms with Gasteiger partial charge in [0.25, 0.3) is 10.1 Å². The highest BCUT2D eigenvalue weighted by atomic mass is 32.2. The van der Waals surface area contributed by atoms with Crippen LogP contribution in [-0.2, 0) is 27.8 Å². The van der Waals surface area contributed by atoms with E-state index in [9.17, 15) is 18.3 Å². The third-order valence-electron chi connectivity index (χ3n) is 4.10. The smallest absolute Gasteiger partial charge is 0.307 e. The second kappa shape index (κ2) is 6.26. The molecule has 25 heavy (non-hydrogen) atoms. The Bertz CT molecular complexity index is 968. The number of carboxylic acid groups (broad SMARTS) is 1. The van der Waals surface area contributed by atoms with Crippen molar-refractivity contribution in [2.45, 2.75) is 17.7 Å². The van der Waals surface area contributed by atoms with E-state index in [4.69, 9.17) is 10.3 Å². The number of azo groups is 1. The Morgan fingerprint density at radius 1 is 1.04 bits per heavy atom. The molecule has 0 heterocycles. The lowest BCUT2D eigenvalue weighted by molar-refractivity contribution is -0.141. The fraction of sp³-hybridized carbons (Fsp3) is 0.188.